The van der Waals surface area contributed by atoms with Crippen LogP contribution in [-0.2, 0) is 59.2 Å². The average molecular weight is 2070 g/mol. The Morgan fingerprint density at radius 3 is 0.848 bits per heavy atom. The Hall–Kier alpha value is -16.3. The summed E-state index contributed by atoms with van der Waals surface area (Å²) in [6.07, 6.45) is -0.965. The number of hydrogen-bond donors (Lipinski definition) is 5. The Morgan fingerprint density at radius 2 is 0.538 bits per heavy atom. The second-order valence-corrected chi connectivity index (χ2v) is 34.5. The SMILES string of the molecule is CC(=O)CCC(=O)c1c(O)c2ccc(Oc3c(F)cccc3Cl)cc2n(C)c1=O.CC(=O)CCC(=O)c1c(O)c2ccc(Oc3cc(Cl)ccc3F)cc2n(C)c1=O.CC(=O)CCC(=O)c1c(O)c2ccc(Oc3cc(F)ccc3F)cc2n(C)c1=O.CC(=O)CCC(=O)c1c(O)c2ccc(Oc3ccc(Cl)cc3F)cc2n(C)c1=O.CC(=O)CCC(=O)c1c(O)c2ccc(Oc3cccc(Cl)c3F)cc2n(C)c1=O. The second kappa shape index (κ2) is 47.1. The zero-order chi connectivity index (χ0) is 106. The lowest BCUT2D eigenvalue weighted by molar-refractivity contribution is -0.117. The summed E-state index contributed by atoms with van der Waals surface area (Å²) in [5.41, 5.74) is -4.02. The number of hydrogen-bond acceptors (Lipinski definition) is 25. The third kappa shape index (κ3) is 25.6. The first-order valence-electron chi connectivity index (χ1n) is 43.5. The van der Waals surface area contributed by atoms with Gasteiger partial charge in [0.25, 0.3) is 27.8 Å². The van der Waals surface area contributed by atoms with Gasteiger partial charge in [0.2, 0.25) is 0 Å². The quantitative estimate of drug-likeness (QED) is 0.0206. The number of para-hydroxylation sites is 1. The fourth-order valence-electron chi connectivity index (χ4n) is 14.6. The molecular weight excluding hydrogens is 1990 g/mol. The van der Waals surface area contributed by atoms with Crippen molar-refractivity contribution in [1.82, 2.24) is 22.8 Å². The molecule has 0 amide bonds. The summed E-state index contributed by atoms with van der Waals surface area (Å²) >= 11 is 23.3. The van der Waals surface area contributed by atoms with E-state index in [2.05, 4.69) is 0 Å². The zero-order valence-corrected chi connectivity index (χ0v) is 81.3. The first-order valence-corrected chi connectivity index (χ1v) is 45.0. The monoisotopic (exact) mass is 2070 g/mol. The van der Waals surface area contributed by atoms with Gasteiger partial charge in [0.1, 0.15) is 120 Å². The van der Waals surface area contributed by atoms with Crippen LogP contribution in [0.3, 0.4) is 0 Å². The summed E-state index contributed by atoms with van der Waals surface area (Å²) in [7, 11) is 7.16. The van der Waals surface area contributed by atoms with Gasteiger partial charge in [-0.25, -0.2) is 26.3 Å². The van der Waals surface area contributed by atoms with Crippen molar-refractivity contribution in [2.75, 3.05) is 0 Å². The molecule has 750 valence electrons. The summed E-state index contributed by atoms with van der Waals surface area (Å²) < 4.78 is 116. The van der Waals surface area contributed by atoms with Gasteiger partial charge in [0.15, 0.2) is 86.7 Å². The maximum atomic E-state index is 14.1. The lowest BCUT2D eigenvalue weighted by Gasteiger charge is -2.13. The zero-order valence-electron chi connectivity index (χ0n) is 78.3. The lowest BCUT2D eigenvalue weighted by atomic mass is 10.0. The number of rotatable bonds is 30. The highest BCUT2D eigenvalue weighted by Crippen LogP contribution is 2.42. The second-order valence-electron chi connectivity index (χ2n) is 32.8. The van der Waals surface area contributed by atoms with Crippen LogP contribution < -0.4 is 51.5 Å². The summed E-state index contributed by atoms with van der Waals surface area (Å²) in [6, 6.07) is 40.7. The van der Waals surface area contributed by atoms with Crippen molar-refractivity contribution in [1.29, 1.82) is 0 Å². The van der Waals surface area contributed by atoms with E-state index in [9.17, 15) is 124 Å². The summed E-state index contributed by atoms with van der Waals surface area (Å²) in [4.78, 5) is 180. The van der Waals surface area contributed by atoms with E-state index in [4.69, 9.17) is 70.1 Å². The number of carbonyl (C=O) groups is 10. The van der Waals surface area contributed by atoms with Gasteiger partial charge < -0.3 is 96.0 Å². The number of halogens is 10. The van der Waals surface area contributed by atoms with Crippen molar-refractivity contribution in [3.05, 3.63) is 317 Å². The Morgan fingerprint density at radius 1 is 0.269 bits per heavy atom. The number of fused-ring (bicyclic) bond motifs is 5. The number of Topliss-reactive ketones (excluding diaryl/α,β-unsaturated/α-hetero) is 10. The van der Waals surface area contributed by atoms with Crippen molar-refractivity contribution in [3.8, 4) is 86.2 Å². The van der Waals surface area contributed by atoms with E-state index in [0.29, 0.717) is 10.5 Å². The molecule has 0 atom stereocenters. The Kier molecular flexibility index (Phi) is 35.4. The highest BCUT2D eigenvalue weighted by molar-refractivity contribution is 6.32. The van der Waals surface area contributed by atoms with E-state index in [1.165, 1.54) is 246 Å². The molecule has 15 rings (SSSR count). The minimum absolute atomic E-state index is 0.0150. The molecule has 10 aromatic carbocycles. The summed E-state index contributed by atoms with van der Waals surface area (Å²) in [5.74, 6) is -10.3. The Balaban J connectivity index is 0.000000173. The Labute approximate surface area is 837 Å². The van der Waals surface area contributed by atoms with Gasteiger partial charge in [-0.15, -0.1) is 0 Å². The number of aryl methyl sites for hydroxylation is 5. The number of carbonyl (C=O) groups excluding carboxylic acids is 10. The summed E-state index contributed by atoms with van der Waals surface area (Å²) in [5, 5.41) is 54.2. The molecule has 15 aromatic rings. The molecule has 0 saturated heterocycles. The maximum absolute atomic E-state index is 14.1. The third-order valence-electron chi connectivity index (χ3n) is 22.3. The van der Waals surface area contributed by atoms with E-state index in [-0.39, 0.29) is 237 Å². The number of aromatic hydroxyl groups is 5. The number of ketones is 10. The van der Waals surface area contributed by atoms with Crippen LogP contribution in [0.1, 0.15) is 151 Å². The molecule has 0 aliphatic rings. The van der Waals surface area contributed by atoms with Crippen molar-refractivity contribution in [3.63, 3.8) is 0 Å². The predicted molar refractivity (Wildman–Crippen MR) is 528 cm³/mol. The average Bonchev–Trinajstić information content (AvgIpc) is 0.777. The third-order valence-corrected chi connectivity index (χ3v) is 23.3. The molecule has 40 heteroatoms. The minimum atomic E-state index is -0.769. The molecule has 30 nitrogen and oxygen atoms in total. The Bertz CT molecular complexity index is 7800. The van der Waals surface area contributed by atoms with Crippen molar-refractivity contribution in [2.24, 2.45) is 35.2 Å². The molecular formula is C105H85Cl4F6N5O25. The number of aromatic nitrogens is 5. The lowest BCUT2D eigenvalue weighted by Crippen LogP contribution is -2.25. The standard InChI is InChI=1S/4C21H17ClFNO5.C21H17F2NO5/c1-11(25)3-8-17(26)19-20(27)14-6-5-13(10-16(14)24(2)21(19)28)29-18-9-12(22)4-7-15(18)23;1-11(25)3-7-17(26)19-20(27)14-6-5-13(10-16(14)24(2)21(19)28)29-18-8-4-12(22)9-15(18)23;1-11(25)6-9-16(26)18-20(27)13-8-7-12(10-15(13)24(2)21(18)28)29-17-5-3-4-14(22)19(17)23;1-11(25)6-9-17(26)18-19(27)13-8-7-12(10-16(13)24(2)21(18)28)29-20-14(22)4-3-5-15(20)23;1-11(25)3-8-17(26)19-20(27)14-6-5-13(10-16(14)24(2)21(19)28)29-18-9-12(22)4-7-15(18)23/h4-7,9-10,27H,3,8H2,1-2H3;4-6,8-10,27H,3,7H2,1-2H3;2*3-5,7-8,10,27H,6,9H2,1-2H3;4-7,9-10,27H,3,8H2,1-2H3. The molecule has 145 heavy (non-hydrogen) atoms. The topological polar surface area (TPSA) is 428 Å². The molecule has 0 unspecified atom stereocenters. The number of pyridine rings is 5. The van der Waals surface area contributed by atoms with Gasteiger partial charge in [-0.2, -0.15) is 0 Å². The van der Waals surface area contributed by atoms with Crippen LogP contribution in [0.15, 0.2) is 206 Å². The van der Waals surface area contributed by atoms with Crippen LogP contribution in [0.2, 0.25) is 20.1 Å². The summed E-state index contributed by atoms with van der Waals surface area (Å²) in [6.45, 7) is 6.70. The highest BCUT2D eigenvalue weighted by atomic mass is 35.5. The molecule has 0 saturated carbocycles. The smallest absolute Gasteiger partial charge is 0.265 e. The van der Waals surface area contributed by atoms with Gasteiger partial charge in [-0.1, -0.05) is 58.5 Å². The molecule has 0 fully saturated rings. The molecule has 0 radical (unpaired) electrons. The molecule has 0 aliphatic carbocycles. The van der Waals surface area contributed by atoms with Crippen LogP contribution in [0, 0.1) is 34.9 Å². The maximum Gasteiger partial charge on any atom is 0.265 e. The van der Waals surface area contributed by atoms with E-state index < -0.39 is 126 Å². The first kappa shape index (κ1) is 109. The fourth-order valence-corrected chi connectivity index (χ4v) is 15.3. The number of nitrogens with zero attached hydrogens (tertiary/aromatic N) is 5. The van der Waals surface area contributed by atoms with E-state index in [1.54, 1.807) is 0 Å². The van der Waals surface area contributed by atoms with Crippen molar-refractivity contribution < 1.29 is 124 Å². The molecule has 5 aromatic heterocycles. The van der Waals surface area contributed by atoms with Crippen molar-refractivity contribution in [2.45, 2.75) is 98.8 Å². The van der Waals surface area contributed by atoms with Crippen LogP contribution in [0.25, 0.3) is 54.5 Å². The molecule has 5 heterocycles. The van der Waals surface area contributed by atoms with Crippen molar-refractivity contribution >= 4 is 159 Å². The normalized spacial score (nSPS) is 10.9. The predicted octanol–water partition coefficient (Wildman–Crippen LogP) is 21.4. The van der Waals surface area contributed by atoms with Gasteiger partial charge in [-0.3, -0.25) is 47.9 Å². The molecule has 0 spiro atoms. The number of ether oxygens (including phenoxy) is 5. The molecule has 0 aliphatic heterocycles. The van der Waals surface area contributed by atoms with E-state index in [1.807, 2.05) is 0 Å². The van der Waals surface area contributed by atoms with Crippen LogP contribution >= 0.6 is 46.4 Å². The first-order chi connectivity index (χ1) is 68.5. The van der Waals surface area contributed by atoms with Gasteiger partial charge >= 0.3 is 0 Å². The van der Waals surface area contributed by atoms with Crippen LogP contribution in [-0.4, -0.2) is 106 Å². The molecule has 0 bridgehead atoms. The van der Waals surface area contributed by atoms with E-state index >= 15 is 0 Å². The van der Waals surface area contributed by atoms with Gasteiger partial charge in [-0.05, 0) is 162 Å². The van der Waals surface area contributed by atoms with Crippen LogP contribution in [0.5, 0.6) is 86.2 Å². The number of benzene rings is 10. The fraction of sp³-hybridized carbons (Fsp3) is 0.190. The largest absolute Gasteiger partial charge is 0.506 e. The minimum Gasteiger partial charge on any atom is -0.506 e. The highest BCUT2D eigenvalue weighted by Gasteiger charge is 2.30. The van der Waals surface area contributed by atoms with Crippen LogP contribution in [0.4, 0.5) is 26.3 Å². The van der Waals surface area contributed by atoms with Gasteiger partial charge in [0, 0.05) is 179 Å². The van der Waals surface area contributed by atoms with Gasteiger partial charge in [0.05, 0.1) is 37.6 Å². The molecule has 5 N–H and O–H groups in total. The van der Waals surface area contributed by atoms with E-state index in [0.717, 1.165) is 28.8 Å².